The van der Waals surface area contributed by atoms with Crippen molar-refractivity contribution >= 4 is 33.2 Å². The highest BCUT2D eigenvalue weighted by atomic mass is 35.5. The van der Waals surface area contributed by atoms with Crippen LogP contribution in [0.2, 0.25) is 10.2 Å². The van der Waals surface area contributed by atoms with Crippen molar-refractivity contribution in [3.8, 4) is 0 Å². The summed E-state index contributed by atoms with van der Waals surface area (Å²) in [5.41, 5.74) is -0.366. The Hall–Kier alpha value is -0.400. The van der Waals surface area contributed by atoms with Crippen LogP contribution >= 0.6 is 23.2 Å². The van der Waals surface area contributed by atoms with E-state index in [0.29, 0.717) is 0 Å². The second-order valence-corrected chi connectivity index (χ2v) is 8.02. The van der Waals surface area contributed by atoms with E-state index in [2.05, 4.69) is 9.71 Å². The van der Waals surface area contributed by atoms with Crippen LogP contribution in [0.4, 0.5) is 0 Å². The molecule has 0 bridgehead atoms. The molecule has 0 amide bonds. The smallest absolute Gasteiger partial charge is 0.242 e. The van der Waals surface area contributed by atoms with Crippen LogP contribution in [-0.2, 0) is 10.0 Å². The van der Waals surface area contributed by atoms with Crippen LogP contribution in [0.25, 0.3) is 0 Å². The molecule has 0 radical (unpaired) electrons. The molecule has 5 nitrogen and oxygen atoms in total. The van der Waals surface area contributed by atoms with Gasteiger partial charge in [0.25, 0.3) is 0 Å². The fraction of sp³-hybridized carbons (Fsp3) is 0.615. The Morgan fingerprint density at radius 2 is 1.95 bits per heavy atom. The van der Waals surface area contributed by atoms with Crippen molar-refractivity contribution in [2.75, 3.05) is 13.2 Å². The molecule has 0 aromatic carbocycles. The lowest BCUT2D eigenvalue weighted by Crippen LogP contribution is -2.41. The number of nitrogens with one attached hydrogen (secondary N) is 1. The topological polar surface area (TPSA) is 79.3 Å². The van der Waals surface area contributed by atoms with Crippen LogP contribution in [0.3, 0.4) is 0 Å². The molecule has 1 aliphatic carbocycles. The van der Waals surface area contributed by atoms with Crippen molar-refractivity contribution in [1.29, 1.82) is 0 Å². The first-order valence-corrected chi connectivity index (χ1v) is 9.04. The van der Waals surface area contributed by atoms with E-state index in [1.54, 1.807) is 0 Å². The monoisotopic (exact) mass is 352 g/mol. The van der Waals surface area contributed by atoms with Crippen LogP contribution in [0.1, 0.15) is 32.1 Å². The summed E-state index contributed by atoms with van der Waals surface area (Å²) in [6.45, 7) is 0.196. The number of aromatic nitrogens is 1. The fourth-order valence-corrected chi connectivity index (χ4v) is 4.04. The van der Waals surface area contributed by atoms with Crippen LogP contribution < -0.4 is 4.72 Å². The molecule has 2 N–H and O–H groups in total. The third-order valence-corrected chi connectivity index (χ3v) is 6.02. The summed E-state index contributed by atoms with van der Waals surface area (Å²) in [4.78, 5) is 3.72. The summed E-state index contributed by atoms with van der Waals surface area (Å²) < 4.78 is 27.1. The molecular weight excluding hydrogens is 335 g/mol. The molecule has 0 aliphatic heterocycles. The highest BCUT2D eigenvalue weighted by Gasteiger charge is 2.33. The zero-order valence-electron chi connectivity index (χ0n) is 11.5. The summed E-state index contributed by atoms with van der Waals surface area (Å²) in [7, 11) is -3.71. The van der Waals surface area contributed by atoms with Crippen molar-refractivity contribution in [3.05, 3.63) is 22.4 Å². The average Bonchev–Trinajstić information content (AvgIpc) is 2.49. The van der Waals surface area contributed by atoms with Crippen LogP contribution in [0, 0.1) is 5.41 Å². The van der Waals surface area contributed by atoms with Crippen molar-refractivity contribution in [2.45, 2.75) is 37.0 Å². The fourth-order valence-electron chi connectivity index (χ4n) is 2.57. The number of aliphatic hydroxyl groups is 1. The minimum atomic E-state index is -3.71. The molecule has 1 aromatic heterocycles. The molecule has 1 saturated carbocycles. The summed E-state index contributed by atoms with van der Waals surface area (Å²) in [6.07, 6.45) is 5.97. The first kappa shape index (κ1) is 17.0. The largest absolute Gasteiger partial charge is 0.396 e. The van der Waals surface area contributed by atoms with Gasteiger partial charge in [0, 0.05) is 24.8 Å². The number of halogens is 2. The van der Waals surface area contributed by atoms with Crippen LogP contribution in [-0.4, -0.2) is 31.7 Å². The van der Waals surface area contributed by atoms with Gasteiger partial charge in [-0.15, -0.1) is 0 Å². The molecule has 2 rings (SSSR count). The van der Waals surface area contributed by atoms with Gasteiger partial charge in [-0.05, 0) is 18.9 Å². The van der Waals surface area contributed by atoms with Gasteiger partial charge >= 0.3 is 0 Å². The number of sulfonamides is 1. The van der Waals surface area contributed by atoms with E-state index in [-0.39, 0.29) is 33.6 Å². The van der Waals surface area contributed by atoms with Gasteiger partial charge in [-0.25, -0.2) is 18.1 Å². The standard InChI is InChI=1S/C13H18Cl2N2O3S/c14-11-6-10(7-16-12(11)15)21(19,20)17-8-13(9-18)4-2-1-3-5-13/h6-7,17-18H,1-5,8-9H2. The molecule has 118 valence electrons. The maximum absolute atomic E-state index is 12.3. The molecule has 1 heterocycles. The Bertz CT molecular complexity index is 601. The van der Waals surface area contributed by atoms with Crippen molar-refractivity contribution in [2.24, 2.45) is 5.41 Å². The SMILES string of the molecule is O=S(=O)(NCC1(CO)CCCCC1)c1cnc(Cl)c(Cl)c1. The van der Waals surface area contributed by atoms with E-state index in [1.165, 1.54) is 12.3 Å². The average molecular weight is 353 g/mol. The lowest BCUT2D eigenvalue weighted by molar-refractivity contribution is 0.0867. The van der Waals surface area contributed by atoms with Gasteiger partial charge in [0.1, 0.15) is 10.0 Å². The second kappa shape index (κ2) is 6.79. The quantitative estimate of drug-likeness (QED) is 0.798. The van der Waals surface area contributed by atoms with Gasteiger partial charge in [0.2, 0.25) is 10.0 Å². The van der Waals surface area contributed by atoms with Gasteiger partial charge in [-0.3, -0.25) is 0 Å². The number of nitrogens with zero attached hydrogens (tertiary/aromatic N) is 1. The predicted octanol–water partition coefficient (Wildman–Crippen LogP) is 2.61. The molecule has 0 unspecified atom stereocenters. The lowest BCUT2D eigenvalue weighted by atomic mass is 9.75. The minimum absolute atomic E-state index is 0.0187. The van der Waals surface area contributed by atoms with E-state index in [0.717, 1.165) is 32.1 Å². The normalized spacial score (nSPS) is 18.6. The van der Waals surface area contributed by atoms with Crippen LogP contribution in [0.5, 0.6) is 0 Å². The van der Waals surface area contributed by atoms with Crippen LogP contribution in [0.15, 0.2) is 17.2 Å². The first-order valence-electron chi connectivity index (χ1n) is 6.80. The van der Waals surface area contributed by atoms with Gasteiger partial charge in [-0.1, -0.05) is 42.5 Å². The summed E-state index contributed by atoms with van der Waals surface area (Å²) in [6, 6.07) is 1.27. The summed E-state index contributed by atoms with van der Waals surface area (Å²) in [5, 5.41) is 9.76. The molecule has 1 fully saturated rings. The van der Waals surface area contributed by atoms with Gasteiger partial charge in [-0.2, -0.15) is 0 Å². The van der Waals surface area contributed by atoms with E-state index in [1.807, 2.05) is 0 Å². The molecule has 1 aromatic rings. The summed E-state index contributed by atoms with van der Waals surface area (Å²) in [5.74, 6) is 0. The Kier molecular flexibility index (Phi) is 5.48. The molecule has 1 aliphatic rings. The summed E-state index contributed by atoms with van der Waals surface area (Å²) >= 11 is 11.5. The second-order valence-electron chi connectivity index (χ2n) is 5.49. The maximum Gasteiger partial charge on any atom is 0.242 e. The first-order chi connectivity index (χ1) is 9.88. The Labute approximate surface area is 134 Å². The van der Waals surface area contributed by atoms with Crippen molar-refractivity contribution in [1.82, 2.24) is 9.71 Å². The number of hydrogen-bond acceptors (Lipinski definition) is 4. The Morgan fingerprint density at radius 1 is 1.29 bits per heavy atom. The molecule has 0 spiro atoms. The lowest BCUT2D eigenvalue weighted by Gasteiger charge is -2.35. The minimum Gasteiger partial charge on any atom is -0.396 e. The van der Waals surface area contributed by atoms with E-state index in [9.17, 15) is 13.5 Å². The molecule has 21 heavy (non-hydrogen) atoms. The van der Waals surface area contributed by atoms with Gasteiger partial charge < -0.3 is 5.11 Å². The molecule has 8 heteroatoms. The number of aliphatic hydroxyl groups excluding tert-OH is 1. The van der Waals surface area contributed by atoms with Gasteiger partial charge in [0.05, 0.1) is 5.02 Å². The number of rotatable bonds is 5. The molecule has 0 saturated heterocycles. The third kappa shape index (κ3) is 4.07. The van der Waals surface area contributed by atoms with E-state index in [4.69, 9.17) is 23.2 Å². The predicted molar refractivity (Wildman–Crippen MR) is 82.0 cm³/mol. The zero-order valence-corrected chi connectivity index (χ0v) is 13.8. The van der Waals surface area contributed by atoms with Gasteiger partial charge in [0.15, 0.2) is 0 Å². The Balaban J connectivity index is 2.11. The Morgan fingerprint density at radius 3 is 2.52 bits per heavy atom. The highest BCUT2D eigenvalue weighted by Crippen LogP contribution is 2.35. The molecular formula is C13H18Cl2N2O3S. The number of hydrogen-bond donors (Lipinski definition) is 2. The van der Waals surface area contributed by atoms with E-state index >= 15 is 0 Å². The van der Waals surface area contributed by atoms with E-state index < -0.39 is 10.0 Å². The maximum atomic E-state index is 12.3. The van der Waals surface area contributed by atoms with Crippen molar-refractivity contribution in [3.63, 3.8) is 0 Å². The zero-order chi connectivity index (χ0) is 15.5. The molecule has 0 atom stereocenters. The van der Waals surface area contributed by atoms with Crippen molar-refractivity contribution < 1.29 is 13.5 Å². The third-order valence-electron chi connectivity index (χ3n) is 3.97. The number of pyridine rings is 1. The highest BCUT2D eigenvalue weighted by molar-refractivity contribution is 7.89.